The summed E-state index contributed by atoms with van der Waals surface area (Å²) in [5.41, 5.74) is 0.758. The number of hydrogen-bond donors (Lipinski definition) is 0. The minimum absolute atomic E-state index is 0.379. The third-order valence-corrected chi connectivity index (χ3v) is 5.45. The Morgan fingerprint density at radius 3 is 2.37 bits per heavy atom. The predicted octanol–water partition coefficient (Wildman–Crippen LogP) is 3.68. The van der Waals surface area contributed by atoms with Gasteiger partial charge in [-0.15, -0.1) is 0 Å². The molecule has 3 rings (SSSR count). The first-order valence-electron chi connectivity index (χ1n) is 8.33. The van der Waals surface area contributed by atoms with Crippen molar-refractivity contribution in [1.82, 2.24) is 4.31 Å². The third-order valence-electron chi connectivity index (χ3n) is 3.97. The largest absolute Gasteiger partial charge is 0.426 e. The van der Waals surface area contributed by atoms with Crippen molar-refractivity contribution in [2.24, 2.45) is 0 Å². The molecule has 6 heteroatoms. The van der Waals surface area contributed by atoms with E-state index in [1.54, 1.807) is 24.3 Å². The van der Waals surface area contributed by atoms with Gasteiger partial charge < -0.3 is 4.74 Å². The average molecular weight is 381 g/mol. The molecule has 0 atom stereocenters. The Morgan fingerprint density at radius 2 is 1.63 bits per heavy atom. The van der Waals surface area contributed by atoms with Crippen LogP contribution in [0.25, 0.3) is 16.8 Å². The third kappa shape index (κ3) is 5.03. The molecular weight excluding hydrogens is 362 g/mol. The number of ether oxygens (including phenoxy) is 1. The number of carbonyl (C=O) groups excluding carboxylic acids is 1. The van der Waals surface area contributed by atoms with Crippen molar-refractivity contribution in [2.75, 3.05) is 13.6 Å². The molecule has 0 saturated heterocycles. The number of esters is 1. The fourth-order valence-electron chi connectivity index (χ4n) is 2.50. The molecule has 0 aromatic heterocycles. The molecule has 5 nitrogen and oxygen atoms in total. The molecule has 138 valence electrons. The topological polar surface area (TPSA) is 63.7 Å². The van der Waals surface area contributed by atoms with E-state index in [1.807, 2.05) is 48.5 Å². The van der Waals surface area contributed by atoms with Crippen LogP contribution < -0.4 is 4.74 Å². The fraction of sp³-hybridized carbons (Fsp3) is 0.0952. The number of benzene rings is 3. The maximum Gasteiger partial charge on any atom is 0.326 e. The van der Waals surface area contributed by atoms with Crippen LogP contribution in [0.2, 0.25) is 0 Å². The van der Waals surface area contributed by atoms with Crippen molar-refractivity contribution < 1.29 is 17.9 Å². The normalized spacial score (nSPS) is 11.9. The molecule has 0 fully saturated rings. The lowest BCUT2D eigenvalue weighted by atomic mass is 10.1. The number of nitrogens with zero attached hydrogens (tertiary/aromatic N) is 1. The smallest absolute Gasteiger partial charge is 0.326 e. The molecular formula is C21H19NO4S. The van der Waals surface area contributed by atoms with Gasteiger partial charge in [-0.2, -0.15) is 4.31 Å². The summed E-state index contributed by atoms with van der Waals surface area (Å²) in [5, 5.41) is 3.05. The van der Waals surface area contributed by atoms with Crippen LogP contribution in [0.4, 0.5) is 0 Å². The highest BCUT2D eigenvalue weighted by molar-refractivity contribution is 7.92. The molecule has 0 unspecified atom stereocenters. The summed E-state index contributed by atoms with van der Waals surface area (Å²) in [7, 11) is -2.39. The second-order valence-electron chi connectivity index (χ2n) is 6.00. The Hall–Kier alpha value is -2.96. The number of hydrogen-bond acceptors (Lipinski definition) is 4. The molecule has 0 aliphatic heterocycles. The average Bonchev–Trinajstić information content (AvgIpc) is 2.67. The highest BCUT2D eigenvalue weighted by Crippen LogP contribution is 2.20. The Morgan fingerprint density at radius 1 is 0.963 bits per heavy atom. The number of carbonyl (C=O) groups is 1. The molecule has 0 amide bonds. The second kappa shape index (κ2) is 8.16. The molecule has 0 aliphatic carbocycles. The van der Waals surface area contributed by atoms with Crippen molar-refractivity contribution in [3.8, 4) is 5.75 Å². The van der Waals surface area contributed by atoms with Gasteiger partial charge in [-0.3, -0.25) is 4.79 Å². The van der Waals surface area contributed by atoms with E-state index in [2.05, 4.69) is 0 Å². The molecule has 3 aromatic rings. The quantitative estimate of drug-likeness (QED) is 0.483. The maximum atomic E-state index is 12.3. The van der Waals surface area contributed by atoms with E-state index in [9.17, 15) is 13.2 Å². The summed E-state index contributed by atoms with van der Waals surface area (Å²) < 4.78 is 30.8. The van der Waals surface area contributed by atoms with Crippen LogP contribution in [0, 0.1) is 0 Å². The number of rotatable bonds is 6. The van der Waals surface area contributed by atoms with Crippen molar-refractivity contribution >= 4 is 32.8 Å². The van der Waals surface area contributed by atoms with Gasteiger partial charge in [0.05, 0.1) is 0 Å². The molecule has 27 heavy (non-hydrogen) atoms. The van der Waals surface area contributed by atoms with Crippen LogP contribution in [0.3, 0.4) is 0 Å². The SMILES string of the molecule is CN(CC(=O)Oc1ccc2ccccc2c1)S(=O)(=O)/C=C/c1ccccc1. The first kappa shape index (κ1) is 18.8. The number of sulfonamides is 1. The van der Waals surface area contributed by atoms with Gasteiger partial charge in [-0.1, -0.05) is 60.7 Å². The molecule has 0 spiro atoms. The van der Waals surface area contributed by atoms with Gasteiger partial charge >= 0.3 is 5.97 Å². The van der Waals surface area contributed by atoms with Crippen LogP contribution in [-0.4, -0.2) is 32.3 Å². The highest BCUT2D eigenvalue weighted by atomic mass is 32.2. The van der Waals surface area contributed by atoms with Crippen LogP contribution in [0.15, 0.2) is 78.2 Å². The molecule has 0 bridgehead atoms. The Labute approximate surface area is 158 Å². The van der Waals surface area contributed by atoms with Crippen LogP contribution >= 0.6 is 0 Å². The fourth-order valence-corrected chi connectivity index (χ4v) is 3.32. The molecule has 0 heterocycles. The zero-order valence-electron chi connectivity index (χ0n) is 14.8. The molecule has 0 N–H and O–H groups in total. The summed E-state index contributed by atoms with van der Waals surface area (Å²) in [6.07, 6.45) is 1.49. The van der Waals surface area contributed by atoms with E-state index in [1.165, 1.54) is 13.1 Å². The monoisotopic (exact) mass is 381 g/mol. The van der Waals surface area contributed by atoms with Crippen LogP contribution in [0.1, 0.15) is 5.56 Å². The van der Waals surface area contributed by atoms with E-state index in [-0.39, 0.29) is 6.54 Å². The first-order chi connectivity index (χ1) is 12.9. The van der Waals surface area contributed by atoms with Gasteiger partial charge in [0.2, 0.25) is 10.0 Å². The maximum absolute atomic E-state index is 12.3. The van der Waals surface area contributed by atoms with Crippen molar-refractivity contribution in [3.05, 3.63) is 83.8 Å². The Bertz CT molecular complexity index is 1080. The van der Waals surface area contributed by atoms with E-state index in [0.29, 0.717) is 5.75 Å². The van der Waals surface area contributed by atoms with Crippen LogP contribution in [0.5, 0.6) is 5.75 Å². The summed E-state index contributed by atoms with van der Waals surface area (Å²) in [5.74, 6) is -0.270. The van der Waals surface area contributed by atoms with Crippen molar-refractivity contribution in [1.29, 1.82) is 0 Å². The second-order valence-corrected chi connectivity index (χ2v) is 7.92. The molecule has 3 aromatic carbocycles. The summed E-state index contributed by atoms with van der Waals surface area (Å²) in [4.78, 5) is 12.1. The van der Waals surface area contributed by atoms with E-state index in [0.717, 1.165) is 26.0 Å². The summed E-state index contributed by atoms with van der Waals surface area (Å²) in [6, 6.07) is 22.0. The van der Waals surface area contributed by atoms with Gasteiger partial charge in [-0.25, -0.2) is 8.42 Å². The molecule has 0 saturated carbocycles. The zero-order valence-corrected chi connectivity index (χ0v) is 15.6. The Kier molecular flexibility index (Phi) is 5.69. The highest BCUT2D eigenvalue weighted by Gasteiger charge is 2.19. The van der Waals surface area contributed by atoms with E-state index >= 15 is 0 Å². The summed E-state index contributed by atoms with van der Waals surface area (Å²) >= 11 is 0. The lowest BCUT2D eigenvalue weighted by molar-refractivity contribution is -0.134. The minimum Gasteiger partial charge on any atom is -0.426 e. The van der Waals surface area contributed by atoms with E-state index < -0.39 is 16.0 Å². The molecule has 0 aliphatic rings. The van der Waals surface area contributed by atoms with E-state index in [4.69, 9.17) is 4.74 Å². The number of fused-ring (bicyclic) bond motifs is 1. The Balaban J connectivity index is 1.64. The van der Waals surface area contributed by atoms with Gasteiger partial charge in [-0.05, 0) is 34.5 Å². The van der Waals surface area contributed by atoms with Gasteiger partial charge in [0.1, 0.15) is 12.3 Å². The first-order valence-corrected chi connectivity index (χ1v) is 9.83. The van der Waals surface area contributed by atoms with Crippen molar-refractivity contribution in [2.45, 2.75) is 0 Å². The zero-order chi connectivity index (χ0) is 19.3. The van der Waals surface area contributed by atoms with Crippen LogP contribution in [-0.2, 0) is 14.8 Å². The van der Waals surface area contributed by atoms with Gasteiger partial charge in [0.15, 0.2) is 0 Å². The lowest BCUT2D eigenvalue weighted by Crippen LogP contribution is -2.32. The standard InChI is InChI=1S/C21H19NO4S/c1-22(27(24,25)14-13-17-7-3-2-4-8-17)16-21(23)26-20-12-11-18-9-5-6-10-19(18)15-20/h2-15H,16H2,1H3/b14-13+. The molecule has 0 radical (unpaired) electrons. The van der Waals surface area contributed by atoms with Gasteiger partial charge in [0, 0.05) is 12.5 Å². The minimum atomic E-state index is -3.73. The number of likely N-dealkylation sites (N-methyl/N-ethyl adjacent to an activating group) is 1. The predicted molar refractivity (Wildman–Crippen MR) is 107 cm³/mol. The van der Waals surface area contributed by atoms with Gasteiger partial charge in [0.25, 0.3) is 0 Å². The summed E-state index contributed by atoms with van der Waals surface area (Å²) in [6.45, 7) is -0.381. The lowest BCUT2D eigenvalue weighted by Gasteiger charge is -2.14. The van der Waals surface area contributed by atoms with Crippen molar-refractivity contribution in [3.63, 3.8) is 0 Å².